The Bertz CT molecular complexity index is 465. The van der Waals surface area contributed by atoms with Crippen LogP contribution >= 0.6 is 0 Å². The number of hydrazine groups is 1. The Labute approximate surface area is 113 Å². The van der Waals surface area contributed by atoms with Gasteiger partial charge in [0.1, 0.15) is 0 Å². The van der Waals surface area contributed by atoms with Crippen LogP contribution in [0.4, 0.5) is 0 Å². The zero-order valence-electron chi connectivity index (χ0n) is 11.2. The zero-order valence-corrected chi connectivity index (χ0v) is 11.2. The van der Waals surface area contributed by atoms with Gasteiger partial charge in [0.2, 0.25) is 5.91 Å². The Balaban J connectivity index is 1.78. The predicted molar refractivity (Wildman–Crippen MR) is 73.4 cm³/mol. The van der Waals surface area contributed by atoms with E-state index in [1.165, 1.54) is 12.8 Å². The lowest BCUT2D eigenvalue weighted by Gasteiger charge is -2.10. The molecule has 0 aliphatic heterocycles. The summed E-state index contributed by atoms with van der Waals surface area (Å²) >= 11 is 0. The van der Waals surface area contributed by atoms with Crippen molar-refractivity contribution in [2.75, 3.05) is 0 Å². The summed E-state index contributed by atoms with van der Waals surface area (Å²) in [5.41, 5.74) is 6.53. The number of aryl methyl sites for hydroxylation is 1. The lowest BCUT2D eigenvalue weighted by Crippen LogP contribution is -2.42. The van der Waals surface area contributed by atoms with Gasteiger partial charge >= 0.3 is 0 Å². The molecule has 1 aromatic rings. The first-order valence-electron chi connectivity index (χ1n) is 6.81. The fraction of sp³-hybridized carbons (Fsp3) is 0.467. The van der Waals surface area contributed by atoms with Crippen LogP contribution in [0.3, 0.4) is 0 Å². The Morgan fingerprint density at radius 3 is 2.63 bits per heavy atom. The van der Waals surface area contributed by atoms with Crippen LogP contribution in [0.15, 0.2) is 24.3 Å². The summed E-state index contributed by atoms with van der Waals surface area (Å²) in [5.74, 6) is 0.104. The molecule has 0 unspecified atom stereocenters. The van der Waals surface area contributed by atoms with Gasteiger partial charge in [-0.2, -0.15) is 0 Å². The molecule has 1 fully saturated rings. The molecule has 0 atom stereocenters. The van der Waals surface area contributed by atoms with Crippen molar-refractivity contribution >= 4 is 11.8 Å². The van der Waals surface area contributed by atoms with E-state index in [4.69, 9.17) is 0 Å². The van der Waals surface area contributed by atoms with Crippen molar-refractivity contribution < 1.29 is 9.59 Å². The highest BCUT2D eigenvalue weighted by atomic mass is 16.2. The molecular weight excluding hydrogens is 240 g/mol. The Morgan fingerprint density at radius 2 is 1.95 bits per heavy atom. The number of amides is 2. The van der Waals surface area contributed by atoms with Gasteiger partial charge in [-0.15, -0.1) is 0 Å². The number of rotatable bonds is 3. The highest BCUT2D eigenvalue weighted by Gasteiger charge is 2.18. The number of carbonyl (C=O) groups is 2. The summed E-state index contributed by atoms with van der Waals surface area (Å²) in [5, 5.41) is 0. The summed E-state index contributed by atoms with van der Waals surface area (Å²) in [6.45, 7) is 1.93. The van der Waals surface area contributed by atoms with E-state index in [-0.39, 0.29) is 11.8 Å². The topological polar surface area (TPSA) is 58.2 Å². The molecule has 0 aromatic heterocycles. The van der Waals surface area contributed by atoms with Gasteiger partial charge in [-0.25, -0.2) is 0 Å². The molecule has 4 heteroatoms. The summed E-state index contributed by atoms with van der Waals surface area (Å²) in [6, 6.07) is 7.27. The van der Waals surface area contributed by atoms with E-state index in [1.54, 1.807) is 12.1 Å². The Kier molecular flexibility index (Phi) is 4.55. The number of hydrogen-bond donors (Lipinski definition) is 2. The molecule has 1 aliphatic rings. The SMILES string of the molecule is Cc1cccc(C(=O)NNC(=O)CC2CCCC2)c1. The maximum Gasteiger partial charge on any atom is 0.269 e. The first-order chi connectivity index (χ1) is 9.15. The highest BCUT2D eigenvalue weighted by molar-refractivity contribution is 5.95. The maximum atomic E-state index is 11.8. The van der Waals surface area contributed by atoms with Crippen LogP contribution < -0.4 is 10.9 Å². The lowest BCUT2D eigenvalue weighted by atomic mass is 10.0. The Hall–Kier alpha value is -1.84. The predicted octanol–water partition coefficient (Wildman–Crippen LogP) is 2.34. The van der Waals surface area contributed by atoms with E-state index in [2.05, 4.69) is 10.9 Å². The van der Waals surface area contributed by atoms with Gasteiger partial charge in [0.05, 0.1) is 0 Å². The smallest absolute Gasteiger partial charge is 0.269 e. The van der Waals surface area contributed by atoms with E-state index in [9.17, 15) is 9.59 Å². The van der Waals surface area contributed by atoms with Gasteiger partial charge in [-0.05, 0) is 37.8 Å². The molecule has 0 saturated heterocycles. The van der Waals surface area contributed by atoms with Gasteiger partial charge in [0.25, 0.3) is 5.91 Å². The van der Waals surface area contributed by atoms with E-state index in [1.807, 2.05) is 19.1 Å². The van der Waals surface area contributed by atoms with Gasteiger partial charge < -0.3 is 0 Å². The van der Waals surface area contributed by atoms with Crippen LogP contribution in [-0.2, 0) is 4.79 Å². The van der Waals surface area contributed by atoms with E-state index >= 15 is 0 Å². The number of hydrogen-bond acceptors (Lipinski definition) is 2. The molecule has 0 radical (unpaired) electrons. The van der Waals surface area contributed by atoms with Crippen LogP contribution in [0.5, 0.6) is 0 Å². The summed E-state index contributed by atoms with van der Waals surface area (Å²) in [4.78, 5) is 23.5. The third-order valence-electron chi connectivity index (χ3n) is 3.54. The standard InChI is InChI=1S/C15H20N2O2/c1-11-5-4-8-13(9-11)15(19)17-16-14(18)10-12-6-2-3-7-12/h4-5,8-9,12H,2-3,6-7,10H2,1H3,(H,16,18)(H,17,19). The van der Waals surface area contributed by atoms with Crippen molar-refractivity contribution in [1.29, 1.82) is 0 Å². The minimum atomic E-state index is -0.275. The molecule has 0 bridgehead atoms. The Morgan fingerprint density at radius 1 is 1.21 bits per heavy atom. The van der Waals surface area contributed by atoms with Crippen LogP contribution in [0.25, 0.3) is 0 Å². The average Bonchev–Trinajstić information content (AvgIpc) is 2.88. The molecule has 1 aromatic carbocycles. The van der Waals surface area contributed by atoms with Gasteiger partial charge in [0.15, 0.2) is 0 Å². The second-order valence-electron chi connectivity index (χ2n) is 5.23. The minimum absolute atomic E-state index is 0.104. The van der Waals surface area contributed by atoms with Crippen molar-refractivity contribution in [3.8, 4) is 0 Å². The van der Waals surface area contributed by atoms with E-state index in [0.717, 1.165) is 18.4 Å². The maximum absolute atomic E-state index is 11.8. The van der Waals surface area contributed by atoms with Crippen molar-refractivity contribution in [3.05, 3.63) is 35.4 Å². The number of benzene rings is 1. The van der Waals surface area contributed by atoms with Crippen LogP contribution in [-0.4, -0.2) is 11.8 Å². The second-order valence-corrected chi connectivity index (χ2v) is 5.23. The largest absolute Gasteiger partial charge is 0.273 e. The molecule has 4 nitrogen and oxygen atoms in total. The molecular formula is C15H20N2O2. The fourth-order valence-corrected chi connectivity index (χ4v) is 2.51. The molecule has 0 heterocycles. The third kappa shape index (κ3) is 4.09. The van der Waals surface area contributed by atoms with Crippen LogP contribution in [0, 0.1) is 12.8 Å². The summed E-state index contributed by atoms with van der Waals surface area (Å²) < 4.78 is 0. The van der Waals surface area contributed by atoms with Crippen molar-refractivity contribution in [2.45, 2.75) is 39.0 Å². The van der Waals surface area contributed by atoms with Crippen molar-refractivity contribution in [2.24, 2.45) is 5.92 Å². The average molecular weight is 260 g/mol. The van der Waals surface area contributed by atoms with Crippen LogP contribution in [0.1, 0.15) is 48.0 Å². The highest BCUT2D eigenvalue weighted by Crippen LogP contribution is 2.27. The third-order valence-corrected chi connectivity index (χ3v) is 3.54. The molecule has 2 N–H and O–H groups in total. The van der Waals surface area contributed by atoms with Crippen molar-refractivity contribution in [1.82, 2.24) is 10.9 Å². The molecule has 102 valence electrons. The first-order valence-corrected chi connectivity index (χ1v) is 6.81. The zero-order chi connectivity index (χ0) is 13.7. The molecule has 19 heavy (non-hydrogen) atoms. The summed E-state index contributed by atoms with van der Waals surface area (Å²) in [6.07, 6.45) is 5.19. The molecule has 2 rings (SSSR count). The molecule has 1 aliphatic carbocycles. The quantitative estimate of drug-likeness (QED) is 0.819. The van der Waals surface area contributed by atoms with Gasteiger partial charge in [-0.3, -0.25) is 20.4 Å². The summed E-state index contributed by atoms with van der Waals surface area (Å²) in [7, 11) is 0. The van der Waals surface area contributed by atoms with E-state index < -0.39 is 0 Å². The molecule has 2 amide bonds. The normalized spacial score (nSPS) is 15.2. The number of carbonyl (C=O) groups excluding carboxylic acids is 2. The molecule has 1 saturated carbocycles. The first kappa shape index (κ1) is 13.6. The fourth-order valence-electron chi connectivity index (χ4n) is 2.51. The van der Waals surface area contributed by atoms with Gasteiger partial charge in [0, 0.05) is 12.0 Å². The van der Waals surface area contributed by atoms with Crippen molar-refractivity contribution in [3.63, 3.8) is 0 Å². The number of nitrogens with one attached hydrogen (secondary N) is 2. The molecule has 0 spiro atoms. The minimum Gasteiger partial charge on any atom is -0.273 e. The monoisotopic (exact) mass is 260 g/mol. The lowest BCUT2D eigenvalue weighted by molar-refractivity contribution is -0.122. The second kappa shape index (κ2) is 6.36. The van der Waals surface area contributed by atoms with E-state index in [0.29, 0.717) is 17.9 Å². The van der Waals surface area contributed by atoms with Gasteiger partial charge in [-0.1, -0.05) is 30.5 Å². The van der Waals surface area contributed by atoms with Crippen LogP contribution in [0.2, 0.25) is 0 Å².